The van der Waals surface area contributed by atoms with Gasteiger partial charge in [0.05, 0.1) is 6.42 Å². The number of rotatable bonds is 7. The van der Waals surface area contributed by atoms with E-state index in [0.717, 1.165) is 10.0 Å². The van der Waals surface area contributed by atoms with E-state index in [2.05, 4.69) is 21.2 Å². The molecule has 7 heteroatoms. The molecule has 0 fully saturated rings. The van der Waals surface area contributed by atoms with E-state index in [0.29, 0.717) is 6.42 Å². The molecule has 0 saturated heterocycles. The van der Waals surface area contributed by atoms with Crippen molar-refractivity contribution >= 4 is 33.7 Å². The molecule has 0 aliphatic rings. The van der Waals surface area contributed by atoms with Crippen molar-refractivity contribution in [3.05, 3.63) is 34.3 Å². The van der Waals surface area contributed by atoms with E-state index < -0.39 is 30.2 Å². The number of carboxylic acids is 1. The zero-order valence-corrected chi connectivity index (χ0v) is 12.2. The van der Waals surface area contributed by atoms with Gasteiger partial charge in [-0.1, -0.05) is 28.1 Å². The van der Waals surface area contributed by atoms with Crippen LogP contribution in [0.2, 0.25) is 0 Å². The first kappa shape index (κ1) is 16.2. The van der Waals surface area contributed by atoms with Crippen molar-refractivity contribution in [3.63, 3.8) is 0 Å². The minimum absolute atomic E-state index is 0.138. The Morgan fingerprint density at radius 3 is 2.60 bits per heavy atom. The molecule has 1 unspecified atom stereocenters. The van der Waals surface area contributed by atoms with Crippen LogP contribution in [0.1, 0.15) is 18.4 Å². The number of primary amides is 1. The van der Waals surface area contributed by atoms with E-state index in [4.69, 9.17) is 10.8 Å². The van der Waals surface area contributed by atoms with Crippen molar-refractivity contribution in [3.8, 4) is 0 Å². The van der Waals surface area contributed by atoms with E-state index >= 15 is 0 Å². The summed E-state index contributed by atoms with van der Waals surface area (Å²) in [5.74, 6) is -2.48. The smallest absolute Gasteiger partial charge is 0.326 e. The monoisotopic (exact) mass is 342 g/mol. The normalized spacial score (nSPS) is 11.7. The molecule has 0 bridgehead atoms. The van der Waals surface area contributed by atoms with Crippen LogP contribution >= 0.6 is 15.9 Å². The number of aliphatic carboxylic acids is 1. The fourth-order valence-corrected chi connectivity index (χ4v) is 2.06. The lowest BCUT2D eigenvalue weighted by molar-refractivity contribution is -0.143. The quantitative estimate of drug-likeness (QED) is 0.681. The molecule has 0 radical (unpaired) electrons. The summed E-state index contributed by atoms with van der Waals surface area (Å²) in [6.07, 6.45) is 0.200. The van der Waals surface area contributed by atoms with E-state index in [-0.39, 0.29) is 6.42 Å². The summed E-state index contributed by atoms with van der Waals surface area (Å²) in [5, 5.41) is 11.1. The van der Waals surface area contributed by atoms with Crippen molar-refractivity contribution in [2.45, 2.75) is 25.3 Å². The van der Waals surface area contributed by atoms with Crippen molar-refractivity contribution in [2.75, 3.05) is 0 Å². The molecule has 6 nitrogen and oxygen atoms in total. The second-order valence-electron chi connectivity index (χ2n) is 4.26. The van der Waals surface area contributed by atoms with Gasteiger partial charge in [-0.15, -0.1) is 0 Å². The number of carbonyl (C=O) groups excluding carboxylic acids is 2. The van der Waals surface area contributed by atoms with Crippen molar-refractivity contribution < 1.29 is 19.5 Å². The number of carbonyl (C=O) groups is 3. The standard InChI is InChI=1S/C13H15BrN2O4/c14-9-3-1-2-8(6-9)4-5-12(18)16-10(13(19)20)7-11(15)17/h1-3,6,10H,4-5,7H2,(H2,15,17)(H,16,18)(H,19,20). The molecule has 108 valence electrons. The van der Waals surface area contributed by atoms with Gasteiger partial charge in [0.15, 0.2) is 0 Å². The highest BCUT2D eigenvalue weighted by Gasteiger charge is 2.21. The van der Waals surface area contributed by atoms with Crippen LogP contribution in [0, 0.1) is 0 Å². The van der Waals surface area contributed by atoms with Gasteiger partial charge in [0.2, 0.25) is 11.8 Å². The predicted molar refractivity (Wildman–Crippen MR) is 75.8 cm³/mol. The summed E-state index contributed by atoms with van der Waals surface area (Å²) in [7, 11) is 0. The first-order valence-corrected chi connectivity index (χ1v) is 6.72. The maximum Gasteiger partial charge on any atom is 0.326 e. The van der Waals surface area contributed by atoms with Gasteiger partial charge < -0.3 is 16.2 Å². The molecular formula is C13H15BrN2O4. The molecule has 1 aromatic rings. The summed E-state index contributed by atoms with van der Waals surface area (Å²) in [6, 6.07) is 6.20. The molecule has 2 amide bonds. The molecule has 0 aromatic heterocycles. The molecule has 1 atom stereocenters. The van der Waals surface area contributed by atoms with Crippen molar-refractivity contribution in [1.82, 2.24) is 5.32 Å². The molecule has 4 N–H and O–H groups in total. The van der Waals surface area contributed by atoms with Gasteiger partial charge in [0.1, 0.15) is 6.04 Å². The Labute approximate surface area is 124 Å². The largest absolute Gasteiger partial charge is 0.480 e. The van der Waals surface area contributed by atoms with Crippen LogP contribution in [0.3, 0.4) is 0 Å². The van der Waals surface area contributed by atoms with Crippen LogP contribution in [-0.4, -0.2) is 28.9 Å². The average Bonchev–Trinajstić information content (AvgIpc) is 2.35. The van der Waals surface area contributed by atoms with Gasteiger partial charge in [0.25, 0.3) is 0 Å². The molecule has 0 spiro atoms. The van der Waals surface area contributed by atoms with Crippen molar-refractivity contribution in [1.29, 1.82) is 0 Å². The third-order valence-corrected chi connectivity index (χ3v) is 3.06. The zero-order valence-electron chi connectivity index (χ0n) is 10.6. The van der Waals surface area contributed by atoms with Gasteiger partial charge in [-0.05, 0) is 24.1 Å². The number of halogens is 1. The second kappa shape index (κ2) is 7.64. The van der Waals surface area contributed by atoms with Crippen LogP contribution in [0.25, 0.3) is 0 Å². The van der Waals surface area contributed by atoms with E-state index in [1.54, 1.807) is 0 Å². The summed E-state index contributed by atoms with van der Waals surface area (Å²) >= 11 is 3.33. The summed E-state index contributed by atoms with van der Waals surface area (Å²) < 4.78 is 0.910. The Bertz CT molecular complexity index is 519. The third kappa shape index (κ3) is 5.83. The number of hydrogen-bond acceptors (Lipinski definition) is 3. The van der Waals surface area contributed by atoms with Crippen LogP contribution in [0.4, 0.5) is 0 Å². The highest BCUT2D eigenvalue weighted by Crippen LogP contribution is 2.13. The van der Waals surface area contributed by atoms with Crippen LogP contribution in [0.15, 0.2) is 28.7 Å². The van der Waals surface area contributed by atoms with Gasteiger partial charge >= 0.3 is 5.97 Å². The lowest BCUT2D eigenvalue weighted by atomic mass is 10.1. The summed E-state index contributed by atoms with van der Waals surface area (Å²) in [6.45, 7) is 0. The highest BCUT2D eigenvalue weighted by molar-refractivity contribution is 9.10. The minimum Gasteiger partial charge on any atom is -0.480 e. The lowest BCUT2D eigenvalue weighted by Gasteiger charge is -2.12. The second-order valence-corrected chi connectivity index (χ2v) is 5.17. The maximum absolute atomic E-state index is 11.7. The third-order valence-electron chi connectivity index (χ3n) is 2.57. The first-order chi connectivity index (χ1) is 9.38. The molecule has 1 aromatic carbocycles. The van der Waals surface area contributed by atoms with Crippen molar-refractivity contribution in [2.24, 2.45) is 5.73 Å². The Morgan fingerprint density at radius 2 is 2.05 bits per heavy atom. The maximum atomic E-state index is 11.7. The highest BCUT2D eigenvalue weighted by atomic mass is 79.9. The van der Waals surface area contributed by atoms with Crippen LogP contribution in [0.5, 0.6) is 0 Å². The molecule has 0 aliphatic carbocycles. The number of aryl methyl sites for hydroxylation is 1. The summed E-state index contributed by atoms with van der Waals surface area (Å²) in [5.41, 5.74) is 5.88. The molecule has 0 saturated carbocycles. The molecule has 0 aliphatic heterocycles. The topological polar surface area (TPSA) is 109 Å². The van der Waals surface area contributed by atoms with Crippen LogP contribution in [-0.2, 0) is 20.8 Å². The molecule has 1 rings (SSSR count). The van der Waals surface area contributed by atoms with Gasteiger partial charge in [0, 0.05) is 10.9 Å². The zero-order chi connectivity index (χ0) is 15.1. The Hall–Kier alpha value is -1.89. The van der Waals surface area contributed by atoms with Crippen LogP contribution < -0.4 is 11.1 Å². The number of amides is 2. The summed E-state index contributed by atoms with van der Waals surface area (Å²) in [4.78, 5) is 33.2. The Kier molecular flexibility index (Phi) is 6.17. The molecular weight excluding hydrogens is 328 g/mol. The SMILES string of the molecule is NC(=O)CC(NC(=O)CCc1cccc(Br)c1)C(=O)O. The Morgan fingerprint density at radius 1 is 1.35 bits per heavy atom. The first-order valence-electron chi connectivity index (χ1n) is 5.93. The number of nitrogens with one attached hydrogen (secondary N) is 1. The fraction of sp³-hybridized carbons (Fsp3) is 0.308. The average molecular weight is 343 g/mol. The Balaban J connectivity index is 2.49. The molecule has 20 heavy (non-hydrogen) atoms. The van der Waals surface area contributed by atoms with Gasteiger partial charge in [-0.25, -0.2) is 4.79 Å². The van der Waals surface area contributed by atoms with E-state index in [1.807, 2.05) is 24.3 Å². The van der Waals surface area contributed by atoms with Gasteiger partial charge in [-0.3, -0.25) is 9.59 Å². The van der Waals surface area contributed by atoms with Gasteiger partial charge in [-0.2, -0.15) is 0 Å². The number of carboxylic acid groups (broad SMARTS) is 1. The lowest BCUT2D eigenvalue weighted by Crippen LogP contribution is -2.43. The molecule has 0 heterocycles. The fourth-order valence-electron chi connectivity index (χ4n) is 1.62. The van der Waals surface area contributed by atoms with E-state index in [9.17, 15) is 14.4 Å². The predicted octanol–water partition coefficient (Wildman–Crippen LogP) is 0.826. The minimum atomic E-state index is -1.28. The number of benzene rings is 1. The number of hydrogen-bond donors (Lipinski definition) is 3. The number of nitrogens with two attached hydrogens (primary N) is 1. The van der Waals surface area contributed by atoms with E-state index in [1.165, 1.54) is 0 Å².